The van der Waals surface area contributed by atoms with E-state index in [1.807, 2.05) is 24.6 Å². The van der Waals surface area contributed by atoms with E-state index in [0.29, 0.717) is 6.54 Å². The second-order valence-corrected chi connectivity index (χ2v) is 8.02. The predicted octanol–water partition coefficient (Wildman–Crippen LogP) is 3.08. The van der Waals surface area contributed by atoms with Crippen LogP contribution >= 0.6 is 11.3 Å². The van der Waals surface area contributed by atoms with E-state index in [4.69, 9.17) is 0 Å². The Morgan fingerprint density at radius 3 is 2.66 bits per heavy atom. The van der Waals surface area contributed by atoms with Crippen molar-refractivity contribution in [1.29, 1.82) is 0 Å². The SMILES string of the molecule is CN=C(NCc1nccn1CCc1ccccc1)N1CCN(c2cccs2)CC1. The summed E-state index contributed by atoms with van der Waals surface area (Å²) >= 11 is 1.81. The van der Waals surface area contributed by atoms with E-state index in [1.54, 1.807) is 0 Å². The van der Waals surface area contributed by atoms with Crippen molar-refractivity contribution in [2.75, 3.05) is 38.1 Å². The molecule has 1 saturated heterocycles. The molecule has 0 aliphatic carbocycles. The number of thiophene rings is 1. The summed E-state index contributed by atoms with van der Waals surface area (Å²) in [6.07, 6.45) is 4.94. The number of aromatic nitrogens is 2. The molecule has 4 rings (SSSR count). The van der Waals surface area contributed by atoms with Crippen molar-refractivity contribution in [3.63, 3.8) is 0 Å². The number of guanidine groups is 1. The van der Waals surface area contributed by atoms with Crippen LogP contribution in [0.2, 0.25) is 0 Å². The van der Waals surface area contributed by atoms with Crippen LogP contribution < -0.4 is 10.2 Å². The first-order chi connectivity index (χ1) is 14.3. The lowest BCUT2D eigenvalue weighted by Crippen LogP contribution is -2.52. The maximum atomic E-state index is 4.55. The van der Waals surface area contributed by atoms with Crippen LogP contribution in [-0.4, -0.2) is 53.6 Å². The van der Waals surface area contributed by atoms with Crippen molar-refractivity contribution < 1.29 is 0 Å². The maximum absolute atomic E-state index is 4.55. The van der Waals surface area contributed by atoms with Crippen molar-refractivity contribution in [3.8, 4) is 0 Å². The number of benzene rings is 1. The van der Waals surface area contributed by atoms with Crippen molar-refractivity contribution in [2.24, 2.45) is 4.99 Å². The van der Waals surface area contributed by atoms with E-state index in [-0.39, 0.29) is 0 Å². The minimum atomic E-state index is 0.680. The number of nitrogens with one attached hydrogen (secondary N) is 1. The molecule has 1 fully saturated rings. The Kier molecular flexibility index (Phi) is 6.46. The summed E-state index contributed by atoms with van der Waals surface area (Å²) < 4.78 is 2.22. The van der Waals surface area contributed by atoms with Gasteiger partial charge in [0.15, 0.2) is 5.96 Å². The van der Waals surface area contributed by atoms with Crippen LogP contribution in [0.1, 0.15) is 11.4 Å². The molecule has 0 radical (unpaired) electrons. The Balaban J connectivity index is 1.29. The van der Waals surface area contributed by atoms with Crippen molar-refractivity contribution in [1.82, 2.24) is 19.8 Å². The second kappa shape index (κ2) is 9.60. The van der Waals surface area contributed by atoms with E-state index in [9.17, 15) is 0 Å². The quantitative estimate of drug-likeness (QED) is 0.503. The van der Waals surface area contributed by atoms with E-state index >= 15 is 0 Å². The highest BCUT2D eigenvalue weighted by Gasteiger charge is 2.20. The summed E-state index contributed by atoms with van der Waals surface area (Å²) in [4.78, 5) is 13.8. The molecule has 0 saturated carbocycles. The number of aryl methyl sites for hydroxylation is 2. The standard InChI is InChI=1S/C22H28N6S/c1-23-22(28-15-13-27(14-16-28)21-8-5-17-29-21)25-18-20-24-10-12-26(20)11-9-19-6-3-2-4-7-19/h2-8,10,12,17H,9,11,13-16,18H2,1H3,(H,23,25). The zero-order valence-corrected chi connectivity index (χ0v) is 17.7. The first-order valence-corrected chi connectivity index (χ1v) is 11.0. The molecule has 0 spiro atoms. The number of hydrogen-bond acceptors (Lipinski definition) is 4. The molecule has 2 aromatic heterocycles. The third-order valence-electron chi connectivity index (χ3n) is 5.30. The monoisotopic (exact) mass is 408 g/mol. The third kappa shape index (κ3) is 4.98. The first kappa shape index (κ1) is 19.5. The van der Waals surface area contributed by atoms with Gasteiger partial charge in [0.2, 0.25) is 0 Å². The summed E-state index contributed by atoms with van der Waals surface area (Å²) in [6, 6.07) is 14.9. The molecule has 6 nitrogen and oxygen atoms in total. The molecule has 0 atom stereocenters. The van der Waals surface area contributed by atoms with Crippen LogP contribution in [-0.2, 0) is 19.5 Å². The van der Waals surface area contributed by atoms with Gasteiger partial charge in [0, 0.05) is 52.2 Å². The Morgan fingerprint density at radius 1 is 1.10 bits per heavy atom. The fourth-order valence-corrected chi connectivity index (χ4v) is 4.47. The van der Waals surface area contributed by atoms with Gasteiger partial charge in [-0.3, -0.25) is 4.99 Å². The van der Waals surface area contributed by atoms with Gasteiger partial charge in [-0.2, -0.15) is 0 Å². The lowest BCUT2D eigenvalue weighted by Gasteiger charge is -2.37. The molecule has 1 N–H and O–H groups in total. The lowest BCUT2D eigenvalue weighted by molar-refractivity contribution is 0.372. The number of nitrogens with zero attached hydrogens (tertiary/aromatic N) is 5. The summed E-state index contributed by atoms with van der Waals surface area (Å²) in [5.74, 6) is 1.99. The number of hydrogen-bond donors (Lipinski definition) is 1. The van der Waals surface area contributed by atoms with Crippen LogP contribution in [0.15, 0.2) is 65.2 Å². The largest absolute Gasteiger partial charge is 0.360 e. The highest BCUT2D eigenvalue weighted by Crippen LogP contribution is 2.22. The summed E-state index contributed by atoms with van der Waals surface area (Å²) in [5.41, 5.74) is 1.35. The molecule has 7 heteroatoms. The normalized spacial score (nSPS) is 15.0. The van der Waals surface area contributed by atoms with Gasteiger partial charge in [0.05, 0.1) is 11.5 Å². The molecule has 3 heterocycles. The van der Waals surface area contributed by atoms with E-state index in [0.717, 1.165) is 50.9 Å². The molecule has 0 bridgehead atoms. The topological polar surface area (TPSA) is 48.7 Å². The maximum Gasteiger partial charge on any atom is 0.194 e. The Labute approximate surface area is 176 Å². The van der Waals surface area contributed by atoms with Gasteiger partial charge < -0.3 is 19.7 Å². The first-order valence-electron chi connectivity index (χ1n) is 10.1. The van der Waals surface area contributed by atoms with Gasteiger partial charge >= 0.3 is 0 Å². The fraction of sp³-hybridized carbons (Fsp3) is 0.364. The molecular formula is C22H28N6S. The van der Waals surface area contributed by atoms with Gasteiger partial charge in [0.25, 0.3) is 0 Å². The average molecular weight is 409 g/mol. The zero-order chi connectivity index (χ0) is 19.9. The summed E-state index contributed by atoms with van der Waals surface area (Å²) in [7, 11) is 1.86. The van der Waals surface area contributed by atoms with E-state index in [2.05, 4.69) is 83.7 Å². The average Bonchev–Trinajstić information content (AvgIpc) is 3.46. The van der Waals surface area contributed by atoms with Gasteiger partial charge in [-0.15, -0.1) is 11.3 Å². The number of aliphatic imine (C=N–C) groups is 1. The van der Waals surface area contributed by atoms with Gasteiger partial charge in [-0.25, -0.2) is 4.98 Å². The Morgan fingerprint density at radius 2 is 1.93 bits per heavy atom. The number of piperazine rings is 1. The minimum absolute atomic E-state index is 0.680. The molecule has 0 unspecified atom stereocenters. The summed E-state index contributed by atoms with van der Waals surface area (Å²) in [5, 5.41) is 7.00. The van der Waals surface area contributed by atoms with Crippen LogP contribution in [0.4, 0.5) is 5.00 Å². The summed E-state index contributed by atoms with van der Waals surface area (Å²) in [6.45, 7) is 5.60. The van der Waals surface area contributed by atoms with Crippen LogP contribution in [0.3, 0.4) is 0 Å². The second-order valence-electron chi connectivity index (χ2n) is 7.10. The molecule has 0 amide bonds. The van der Waals surface area contributed by atoms with E-state index < -0.39 is 0 Å². The number of anilines is 1. The van der Waals surface area contributed by atoms with Gasteiger partial charge in [0.1, 0.15) is 5.82 Å². The fourth-order valence-electron chi connectivity index (χ4n) is 3.68. The van der Waals surface area contributed by atoms with Gasteiger partial charge in [-0.1, -0.05) is 30.3 Å². The highest BCUT2D eigenvalue weighted by molar-refractivity contribution is 7.14. The third-order valence-corrected chi connectivity index (χ3v) is 6.23. The molecule has 29 heavy (non-hydrogen) atoms. The van der Waals surface area contributed by atoms with Crippen LogP contribution in [0.25, 0.3) is 0 Å². The van der Waals surface area contributed by atoms with Crippen LogP contribution in [0, 0.1) is 0 Å². The minimum Gasteiger partial charge on any atom is -0.360 e. The smallest absolute Gasteiger partial charge is 0.194 e. The van der Waals surface area contributed by atoms with Crippen molar-refractivity contribution >= 4 is 22.3 Å². The van der Waals surface area contributed by atoms with E-state index in [1.165, 1.54) is 10.6 Å². The predicted molar refractivity (Wildman–Crippen MR) is 121 cm³/mol. The van der Waals surface area contributed by atoms with Crippen molar-refractivity contribution in [3.05, 3.63) is 71.6 Å². The van der Waals surface area contributed by atoms with Crippen LogP contribution in [0.5, 0.6) is 0 Å². The molecule has 1 aromatic carbocycles. The molecule has 152 valence electrons. The molecular weight excluding hydrogens is 380 g/mol. The number of rotatable bonds is 6. The Bertz CT molecular complexity index is 895. The zero-order valence-electron chi connectivity index (χ0n) is 16.9. The molecule has 1 aliphatic heterocycles. The van der Waals surface area contributed by atoms with Gasteiger partial charge in [-0.05, 0) is 29.5 Å². The lowest BCUT2D eigenvalue weighted by atomic mass is 10.1. The Hall–Kier alpha value is -2.80. The van der Waals surface area contributed by atoms with Crippen molar-refractivity contribution in [2.45, 2.75) is 19.5 Å². The number of imidazole rings is 1. The molecule has 3 aromatic rings. The molecule has 1 aliphatic rings. The highest BCUT2D eigenvalue weighted by atomic mass is 32.1.